The van der Waals surface area contributed by atoms with Gasteiger partial charge in [-0.25, -0.2) is 4.39 Å². The van der Waals surface area contributed by atoms with E-state index in [9.17, 15) is 9.18 Å². The first-order valence-electron chi connectivity index (χ1n) is 9.23. The lowest BCUT2D eigenvalue weighted by atomic mass is 10.0. The smallest absolute Gasteiger partial charge is 0.224 e. The van der Waals surface area contributed by atoms with Crippen LogP contribution in [0.15, 0.2) is 42.5 Å². The highest BCUT2D eigenvalue weighted by Gasteiger charge is 2.23. The number of hydrogen-bond acceptors (Lipinski definition) is 2. The van der Waals surface area contributed by atoms with Crippen molar-refractivity contribution in [2.24, 2.45) is 0 Å². The molecule has 2 aromatic rings. The number of ether oxygens (including phenoxy) is 1. The lowest BCUT2D eigenvalue weighted by Gasteiger charge is -2.30. The summed E-state index contributed by atoms with van der Waals surface area (Å²) in [6, 6.07) is 12.8. The van der Waals surface area contributed by atoms with E-state index in [1.165, 1.54) is 23.6 Å². The Bertz CT molecular complexity index is 774. The van der Waals surface area contributed by atoms with Gasteiger partial charge in [-0.3, -0.25) is 4.79 Å². The Morgan fingerprint density at radius 3 is 2.48 bits per heavy atom. The van der Waals surface area contributed by atoms with Gasteiger partial charge in [-0.2, -0.15) is 0 Å². The number of amides is 1. The summed E-state index contributed by atoms with van der Waals surface area (Å²) in [7, 11) is 1.42. The molecular weight excluding hydrogens is 367 g/mol. The van der Waals surface area contributed by atoms with Crippen LogP contribution >= 0.6 is 11.6 Å². The largest absolute Gasteiger partial charge is 0.494 e. The molecule has 0 aliphatic carbocycles. The third kappa shape index (κ3) is 5.68. The van der Waals surface area contributed by atoms with Crippen molar-refractivity contribution < 1.29 is 18.8 Å². The van der Waals surface area contributed by atoms with Crippen molar-refractivity contribution in [1.82, 2.24) is 5.32 Å². The van der Waals surface area contributed by atoms with Crippen LogP contribution in [0.3, 0.4) is 0 Å². The van der Waals surface area contributed by atoms with Gasteiger partial charge in [0.1, 0.15) is 6.54 Å². The van der Waals surface area contributed by atoms with Crippen LogP contribution in [0.4, 0.5) is 4.39 Å². The molecule has 1 saturated heterocycles. The number of nitrogens with one attached hydrogen (secondary N) is 2. The molecule has 3 rings (SSSR count). The highest BCUT2D eigenvalue weighted by molar-refractivity contribution is 6.30. The van der Waals surface area contributed by atoms with Gasteiger partial charge in [-0.1, -0.05) is 29.8 Å². The highest BCUT2D eigenvalue weighted by Crippen LogP contribution is 2.18. The summed E-state index contributed by atoms with van der Waals surface area (Å²) in [5.41, 5.74) is 1.93. The molecule has 2 N–H and O–H groups in total. The van der Waals surface area contributed by atoms with E-state index in [-0.39, 0.29) is 24.1 Å². The summed E-state index contributed by atoms with van der Waals surface area (Å²) >= 11 is 5.93. The molecule has 0 unspecified atom stereocenters. The average Bonchev–Trinajstić information content (AvgIpc) is 2.65. The lowest BCUT2D eigenvalue weighted by molar-refractivity contribution is -0.918. The number of methoxy groups -OCH3 is 1. The van der Waals surface area contributed by atoms with Crippen LogP contribution in [0.5, 0.6) is 5.75 Å². The second-order valence-corrected chi connectivity index (χ2v) is 7.48. The SMILES string of the molecule is COc1ccc(CC(=O)NC2CC[NH+](Cc3ccc(Cl)cc3)CC2)cc1F. The zero-order chi connectivity index (χ0) is 19.2. The average molecular weight is 392 g/mol. The minimum absolute atomic E-state index is 0.0641. The summed E-state index contributed by atoms with van der Waals surface area (Å²) in [5.74, 6) is -0.317. The number of hydrogen-bond donors (Lipinski definition) is 2. The Balaban J connectivity index is 1.43. The predicted molar refractivity (Wildman–Crippen MR) is 104 cm³/mol. The van der Waals surface area contributed by atoms with Crippen LogP contribution in [0.25, 0.3) is 0 Å². The Morgan fingerprint density at radius 1 is 1.19 bits per heavy atom. The second-order valence-electron chi connectivity index (χ2n) is 7.04. The molecular formula is C21H25ClFN2O2+. The van der Waals surface area contributed by atoms with Gasteiger partial charge in [-0.15, -0.1) is 0 Å². The molecule has 2 aromatic carbocycles. The maximum absolute atomic E-state index is 13.7. The first-order valence-corrected chi connectivity index (χ1v) is 9.61. The number of halogens is 2. The van der Waals surface area contributed by atoms with Crippen LogP contribution in [-0.4, -0.2) is 32.1 Å². The second kappa shape index (κ2) is 9.20. The summed E-state index contributed by atoms with van der Waals surface area (Å²) in [4.78, 5) is 13.8. The monoisotopic (exact) mass is 391 g/mol. The Hall–Kier alpha value is -2.11. The number of carbonyl (C=O) groups is 1. The number of quaternary nitrogens is 1. The van der Waals surface area contributed by atoms with Gasteiger partial charge in [0, 0.05) is 29.5 Å². The van der Waals surface area contributed by atoms with Crippen molar-refractivity contribution in [1.29, 1.82) is 0 Å². The van der Waals surface area contributed by atoms with E-state index in [0.717, 1.165) is 37.5 Å². The maximum atomic E-state index is 13.7. The minimum Gasteiger partial charge on any atom is -0.494 e. The molecule has 6 heteroatoms. The minimum atomic E-state index is -0.443. The normalized spacial score (nSPS) is 19.5. The van der Waals surface area contributed by atoms with Gasteiger partial charge < -0.3 is 15.0 Å². The first-order chi connectivity index (χ1) is 13.0. The molecule has 0 aromatic heterocycles. The van der Waals surface area contributed by atoms with Gasteiger partial charge in [-0.05, 0) is 29.8 Å². The number of likely N-dealkylation sites (tertiary alicyclic amines) is 1. The molecule has 144 valence electrons. The molecule has 1 aliphatic rings. The number of carbonyl (C=O) groups excluding carboxylic acids is 1. The van der Waals surface area contributed by atoms with Crippen LogP contribution < -0.4 is 15.0 Å². The molecule has 0 radical (unpaired) electrons. The molecule has 27 heavy (non-hydrogen) atoms. The van der Waals surface area contributed by atoms with Gasteiger partial charge >= 0.3 is 0 Å². The Labute approximate surface area is 164 Å². The molecule has 0 bridgehead atoms. The molecule has 1 heterocycles. The van der Waals surface area contributed by atoms with Gasteiger partial charge in [0.25, 0.3) is 0 Å². The van der Waals surface area contributed by atoms with E-state index in [2.05, 4.69) is 17.4 Å². The quantitative estimate of drug-likeness (QED) is 0.794. The van der Waals surface area contributed by atoms with Gasteiger partial charge in [0.05, 0.1) is 26.6 Å². The van der Waals surface area contributed by atoms with Crippen molar-refractivity contribution >= 4 is 17.5 Å². The lowest BCUT2D eigenvalue weighted by Crippen LogP contribution is -3.12. The van der Waals surface area contributed by atoms with E-state index in [4.69, 9.17) is 16.3 Å². The fourth-order valence-electron chi connectivity index (χ4n) is 3.52. The van der Waals surface area contributed by atoms with Crippen LogP contribution in [0.1, 0.15) is 24.0 Å². The summed E-state index contributed by atoms with van der Waals surface area (Å²) in [5, 5.41) is 3.84. The molecule has 1 aliphatic heterocycles. The molecule has 4 nitrogen and oxygen atoms in total. The van der Waals surface area contributed by atoms with E-state index in [0.29, 0.717) is 5.56 Å². The zero-order valence-corrected chi connectivity index (χ0v) is 16.2. The highest BCUT2D eigenvalue weighted by atomic mass is 35.5. The Kier molecular flexibility index (Phi) is 6.69. The van der Waals surface area contributed by atoms with Crippen molar-refractivity contribution in [3.05, 3.63) is 64.4 Å². The maximum Gasteiger partial charge on any atom is 0.224 e. The van der Waals surface area contributed by atoms with E-state index in [1.807, 2.05) is 12.1 Å². The van der Waals surface area contributed by atoms with E-state index < -0.39 is 5.82 Å². The first kappa shape index (κ1) is 19.6. The summed E-state index contributed by atoms with van der Waals surface area (Å²) < 4.78 is 18.6. The summed E-state index contributed by atoms with van der Waals surface area (Å²) in [6.45, 7) is 3.01. The number of benzene rings is 2. The van der Waals surface area contributed by atoms with Crippen LogP contribution in [0.2, 0.25) is 5.02 Å². The van der Waals surface area contributed by atoms with E-state index >= 15 is 0 Å². The standard InChI is InChI=1S/C21H24ClFN2O2/c1-27-20-7-4-16(12-19(20)23)13-21(26)24-18-8-10-25(11-9-18)14-15-2-5-17(22)6-3-15/h2-7,12,18H,8-11,13-14H2,1H3,(H,24,26)/p+1. The molecule has 1 fully saturated rings. The fourth-order valence-corrected chi connectivity index (χ4v) is 3.65. The van der Waals surface area contributed by atoms with Crippen LogP contribution in [0, 0.1) is 5.82 Å². The number of rotatable bonds is 6. The molecule has 0 spiro atoms. The third-order valence-electron chi connectivity index (χ3n) is 5.01. The zero-order valence-electron chi connectivity index (χ0n) is 15.4. The molecule has 1 amide bonds. The predicted octanol–water partition coefficient (Wildman–Crippen LogP) is 2.39. The Morgan fingerprint density at radius 2 is 1.85 bits per heavy atom. The van der Waals surface area contributed by atoms with Gasteiger partial charge in [0.2, 0.25) is 5.91 Å². The fraction of sp³-hybridized carbons (Fsp3) is 0.381. The van der Waals surface area contributed by atoms with E-state index in [1.54, 1.807) is 12.1 Å². The van der Waals surface area contributed by atoms with Crippen LogP contribution in [-0.2, 0) is 17.8 Å². The summed E-state index contributed by atoms with van der Waals surface area (Å²) in [6.07, 6.45) is 2.08. The van der Waals surface area contributed by atoms with Crippen molar-refractivity contribution in [3.8, 4) is 5.75 Å². The molecule has 0 saturated carbocycles. The van der Waals surface area contributed by atoms with Gasteiger partial charge in [0.15, 0.2) is 11.6 Å². The van der Waals surface area contributed by atoms with Crippen molar-refractivity contribution in [2.45, 2.75) is 31.8 Å². The van der Waals surface area contributed by atoms with Crippen molar-refractivity contribution in [2.75, 3.05) is 20.2 Å². The van der Waals surface area contributed by atoms with Crippen molar-refractivity contribution in [3.63, 3.8) is 0 Å². The number of piperidine rings is 1. The topological polar surface area (TPSA) is 42.8 Å². The third-order valence-corrected chi connectivity index (χ3v) is 5.26. The molecule has 0 atom stereocenters.